The van der Waals surface area contributed by atoms with E-state index in [1.807, 2.05) is 50.2 Å². The van der Waals surface area contributed by atoms with E-state index in [9.17, 15) is 4.79 Å². The van der Waals surface area contributed by atoms with Crippen LogP contribution in [0.15, 0.2) is 52.0 Å². The second kappa shape index (κ2) is 8.84. The predicted molar refractivity (Wildman–Crippen MR) is 125 cm³/mol. The maximum Gasteiger partial charge on any atom is 0.350 e. The molecular weight excluding hydrogens is 426 g/mol. The first-order chi connectivity index (χ1) is 15.4. The van der Waals surface area contributed by atoms with E-state index in [4.69, 9.17) is 13.9 Å². The molecule has 0 saturated heterocycles. The lowest BCUT2D eigenvalue weighted by Gasteiger charge is -2.09. The maximum absolute atomic E-state index is 11.9. The molecule has 164 valence electrons. The van der Waals surface area contributed by atoms with E-state index in [1.54, 1.807) is 14.0 Å². The predicted octanol–water partition coefficient (Wildman–Crippen LogP) is 5.20. The lowest BCUT2D eigenvalue weighted by molar-refractivity contribution is 0.0605. The molecule has 2 aromatic carbocycles. The van der Waals surface area contributed by atoms with Crippen molar-refractivity contribution in [3.8, 4) is 17.1 Å². The summed E-state index contributed by atoms with van der Waals surface area (Å²) in [6, 6.07) is 13.6. The lowest BCUT2D eigenvalue weighted by Crippen LogP contribution is -2.09. The number of thiazole rings is 1. The van der Waals surface area contributed by atoms with Gasteiger partial charge in [-0.3, -0.25) is 5.43 Å². The van der Waals surface area contributed by atoms with Crippen LogP contribution in [-0.4, -0.2) is 25.2 Å². The van der Waals surface area contributed by atoms with Gasteiger partial charge in [0.2, 0.25) is 5.13 Å². The van der Waals surface area contributed by atoms with Gasteiger partial charge in [0.15, 0.2) is 0 Å². The van der Waals surface area contributed by atoms with Crippen LogP contribution in [0.3, 0.4) is 0 Å². The topological polar surface area (TPSA) is 86.0 Å². The maximum atomic E-state index is 11.9. The van der Waals surface area contributed by atoms with E-state index in [1.165, 1.54) is 18.4 Å². The zero-order valence-corrected chi connectivity index (χ0v) is 19.3. The number of carbonyl (C=O) groups is 1. The number of carbonyl (C=O) groups excluding carboxylic acids is 1. The summed E-state index contributed by atoms with van der Waals surface area (Å²) in [5, 5.41) is 6.74. The number of hydrogen-bond acceptors (Lipinski definition) is 8. The highest BCUT2D eigenvalue weighted by Crippen LogP contribution is 2.27. The third-order valence-corrected chi connectivity index (χ3v) is 6.04. The van der Waals surface area contributed by atoms with Crippen molar-refractivity contribution in [3.63, 3.8) is 0 Å². The average molecular weight is 450 g/mol. The number of methoxy groups -OCH3 is 2. The molecule has 0 aliphatic rings. The average Bonchev–Trinajstić information content (AvgIpc) is 3.16. The molecule has 0 aliphatic heterocycles. The molecule has 0 fully saturated rings. The Labute approximate surface area is 189 Å². The highest BCUT2D eigenvalue weighted by Gasteiger charge is 2.15. The van der Waals surface area contributed by atoms with E-state index in [0.29, 0.717) is 26.8 Å². The van der Waals surface area contributed by atoms with Crippen molar-refractivity contribution in [1.82, 2.24) is 4.98 Å². The smallest absolute Gasteiger partial charge is 0.350 e. The summed E-state index contributed by atoms with van der Waals surface area (Å²) in [7, 11) is 2.99. The molecule has 0 atom stereocenters. The number of benzene rings is 2. The van der Waals surface area contributed by atoms with Gasteiger partial charge >= 0.3 is 5.97 Å². The molecule has 1 N–H and O–H groups in total. The third-order valence-electron chi connectivity index (χ3n) is 5.00. The summed E-state index contributed by atoms with van der Waals surface area (Å²) >= 11 is 1.20. The summed E-state index contributed by atoms with van der Waals surface area (Å²) in [5.41, 5.74) is 7.38. The molecule has 2 aromatic heterocycles. The molecule has 0 spiro atoms. The Bertz CT molecular complexity index is 1370. The number of ether oxygens (including phenoxy) is 2. The van der Waals surface area contributed by atoms with Crippen LogP contribution in [0.2, 0.25) is 0 Å². The minimum absolute atomic E-state index is 0.412. The van der Waals surface area contributed by atoms with Crippen LogP contribution < -0.4 is 15.5 Å². The monoisotopic (exact) mass is 449 g/mol. The zero-order valence-electron chi connectivity index (χ0n) is 18.5. The number of anilines is 1. The normalized spacial score (nSPS) is 11.6. The summed E-state index contributed by atoms with van der Waals surface area (Å²) < 4.78 is 16.3. The highest BCUT2D eigenvalue weighted by molar-refractivity contribution is 7.17. The minimum atomic E-state index is -0.412. The van der Waals surface area contributed by atoms with Gasteiger partial charge in [-0.15, -0.1) is 0 Å². The standard InChI is InChI=1S/C24H23N3O4S/c1-13-10-14(2)21-18(26-27-24-25-15(3)22(32-24)23(28)30-5)12-19(31-20(21)11-13)16-6-8-17(29-4)9-7-16/h6-12H,1-5H3,(H,25,27)/b26-18+. The van der Waals surface area contributed by atoms with Crippen molar-refractivity contribution in [3.05, 3.63) is 69.5 Å². The first-order valence-corrected chi connectivity index (χ1v) is 10.8. The lowest BCUT2D eigenvalue weighted by atomic mass is 10.0. The van der Waals surface area contributed by atoms with E-state index >= 15 is 0 Å². The fourth-order valence-corrected chi connectivity index (χ4v) is 4.33. The second-order valence-electron chi connectivity index (χ2n) is 7.33. The SMILES string of the molecule is COC(=O)c1sc(N/N=c2\cc(-c3ccc(OC)cc3)oc3cc(C)cc(C)c23)nc1C. The van der Waals surface area contributed by atoms with Gasteiger partial charge in [0.25, 0.3) is 0 Å². The molecule has 0 amide bonds. The Morgan fingerprint density at radius 1 is 1.09 bits per heavy atom. The van der Waals surface area contributed by atoms with Crippen molar-refractivity contribution in [2.45, 2.75) is 20.8 Å². The van der Waals surface area contributed by atoms with Gasteiger partial charge in [-0.1, -0.05) is 17.4 Å². The molecule has 0 unspecified atom stereocenters. The number of rotatable bonds is 5. The number of nitrogens with one attached hydrogen (secondary N) is 1. The van der Waals surface area contributed by atoms with E-state index in [-0.39, 0.29) is 0 Å². The Kier molecular flexibility index (Phi) is 5.96. The van der Waals surface area contributed by atoms with Crippen molar-refractivity contribution in [2.75, 3.05) is 19.6 Å². The molecule has 0 bridgehead atoms. The Morgan fingerprint density at radius 3 is 2.53 bits per heavy atom. The number of aromatic nitrogens is 1. The minimum Gasteiger partial charge on any atom is -0.497 e. The molecule has 0 aliphatic carbocycles. The first kappa shape index (κ1) is 21.6. The van der Waals surface area contributed by atoms with Crippen LogP contribution >= 0.6 is 11.3 Å². The molecule has 0 radical (unpaired) electrons. The van der Waals surface area contributed by atoms with Gasteiger partial charge in [-0.25, -0.2) is 9.78 Å². The van der Waals surface area contributed by atoms with Gasteiger partial charge in [-0.05, 0) is 62.2 Å². The Hall–Kier alpha value is -3.65. The molecule has 8 heteroatoms. The summed E-state index contributed by atoms with van der Waals surface area (Å²) in [4.78, 5) is 16.7. The van der Waals surface area contributed by atoms with Gasteiger partial charge in [0, 0.05) is 17.0 Å². The number of fused-ring (bicyclic) bond motifs is 1. The number of nitrogens with zero attached hydrogens (tertiary/aromatic N) is 2. The van der Waals surface area contributed by atoms with Crippen molar-refractivity contribution >= 4 is 33.4 Å². The van der Waals surface area contributed by atoms with Crippen molar-refractivity contribution in [2.24, 2.45) is 5.10 Å². The van der Waals surface area contributed by atoms with Gasteiger partial charge in [-0.2, -0.15) is 5.10 Å². The fourth-order valence-electron chi connectivity index (χ4n) is 3.50. The van der Waals surface area contributed by atoms with Crippen LogP contribution in [0.1, 0.15) is 26.5 Å². The summed E-state index contributed by atoms with van der Waals surface area (Å²) in [6.07, 6.45) is 0. The summed E-state index contributed by atoms with van der Waals surface area (Å²) in [5.74, 6) is 1.04. The van der Waals surface area contributed by atoms with Crippen molar-refractivity contribution < 1.29 is 18.7 Å². The molecule has 32 heavy (non-hydrogen) atoms. The molecule has 7 nitrogen and oxygen atoms in total. The Morgan fingerprint density at radius 2 is 1.84 bits per heavy atom. The van der Waals surface area contributed by atoms with Gasteiger partial charge in [0.1, 0.15) is 22.0 Å². The number of hydrogen-bond donors (Lipinski definition) is 1. The largest absolute Gasteiger partial charge is 0.497 e. The molecule has 0 saturated carbocycles. The quantitative estimate of drug-likeness (QED) is 0.333. The zero-order chi connectivity index (χ0) is 22.8. The van der Waals surface area contributed by atoms with Crippen LogP contribution in [-0.2, 0) is 4.74 Å². The van der Waals surface area contributed by atoms with Gasteiger partial charge < -0.3 is 13.9 Å². The summed E-state index contributed by atoms with van der Waals surface area (Å²) in [6.45, 7) is 5.82. The van der Waals surface area contributed by atoms with E-state index in [2.05, 4.69) is 21.6 Å². The third kappa shape index (κ3) is 4.22. The van der Waals surface area contributed by atoms with E-state index < -0.39 is 5.97 Å². The fraction of sp³-hybridized carbons (Fsp3) is 0.208. The Balaban J connectivity index is 1.84. The van der Waals surface area contributed by atoms with E-state index in [0.717, 1.165) is 33.4 Å². The molecule has 2 heterocycles. The van der Waals surface area contributed by atoms with Crippen LogP contribution in [0, 0.1) is 20.8 Å². The van der Waals surface area contributed by atoms with Gasteiger partial charge in [0.05, 0.1) is 25.3 Å². The van der Waals surface area contributed by atoms with Crippen LogP contribution in [0.25, 0.3) is 22.3 Å². The molecule has 4 rings (SSSR count). The molecule has 4 aromatic rings. The molecular formula is C24H23N3O4S. The van der Waals surface area contributed by atoms with Crippen LogP contribution in [0.4, 0.5) is 5.13 Å². The van der Waals surface area contributed by atoms with Crippen LogP contribution in [0.5, 0.6) is 5.75 Å². The first-order valence-electron chi connectivity index (χ1n) is 9.94. The second-order valence-corrected chi connectivity index (χ2v) is 8.33. The number of esters is 1. The number of aryl methyl sites for hydroxylation is 3. The highest BCUT2D eigenvalue weighted by atomic mass is 32.1. The van der Waals surface area contributed by atoms with Crippen molar-refractivity contribution in [1.29, 1.82) is 0 Å².